The number of amides is 1. The van der Waals surface area contributed by atoms with Gasteiger partial charge in [0, 0.05) is 4.47 Å². The highest BCUT2D eigenvalue weighted by Gasteiger charge is 2.32. The largest absolute Gasteiger partial charge is 0.491 e. The first-order valence-corrected chi connectivity index (χ1v) is 10.2. The molecule has 1 atom stereocenters. The highest BCUT2D eigenvalue weighted by Crippen LogP contribution is 2.45. The maximum Gasteiger partial charge on any atom is 0.408 e. The van der Waals surface area contributed by atoms with E-state index in [1.807, 2.05) is 39.8 Å². The lowest BCUT2D eigenvalue weighted by Crippen LogP contribution is -2.52. The van der Waals surface area contributed by atoms with Crippen LogP contribution in [0.3, 0.4) is 0 Å². The molecule has 0 bridgehead atoms. The molecule has 1 aromatic carbocycles. The first-order chi connectivity index (χ1) is 12.0. The zero-order valence-corrected chi connectivity index (χ0v) is 18.4. The molecule has 0 heterocycles. The lowest BCUT2D eigenvalue weighted by atomic mass is 9.91. The van der Waals surface area contributed by atoms with Crippen molar-refractivity contribution in [2.75, 3.05) is 6.61 Å². The van der Waals surface area contributed by atoms with E-state index < -0.39 is 17.2 Å². The van der Waals surface area contributed by atoms with Crippen LogP contribution >= 0.6 is 15.9 Å². The van der Waals surface area contributed by atoms with E-state index in [0.29, 0.717) is 18.4 Å². The summed E-state index contributed by atoms with van der Waals surface area (Å²) in [4.78, 5) is 12.3. The number of nitrogens with one attached hydrogen (secondary N) is 1. The Hall–Kier alpha value is -1.23. The van der Waals surface area contributed by atoms with Gasteiger partial charge in [-0.15, -0.1) is 0 Å². The molecule has 0 spiro atoms. The summed E-state index contributed by atoms with van der Waals surface area (Å²) in [6.07, 6.45) is 2.84. The van der Waals surface area contributed by atoms with Crippen molar-refractivity contribution >= 4 is 22.0 Å². The van der Waals surface area contributed by atoms with Gasteiger partial charge in [0.15, 0.2) is 0 Å². The maximum atomic E-state index is 12.3. The van der Waals surface area contributed by atoms with Crippen molar-refractivity contribution in [2.45, 2.75) is 77.9 Å². The lowest BCUT2D eigenvalue weighted by molar-refractivity contribution is 0.0407. The smallest absolute Gasteiger partial charge is 0.408 e. The van der Waals surface area contributed by atoms with E-state index in [2.05, 4.69) is 41.2 Å². The summed E-state index contributed by atoms with van der Waals surface area (Å²) in [7, 11) is 0. The molecule has 26 heavy (non-hydrogen) atoms. The summed E-state index contributed by atoms with van der Waals surface area (Å²) in [5.74, 6) is 1.93. The first kappa shape index (κ1) is 21.1. The number of ether oxygens (including phenoxy) is 2. The molecule has 146 valence electrons. The molecule has 5 heteroatoms. The molecule has 0 radical (unpaired) electrons. The Balaban J connectivity index is 2.09. The van der Waals surface area contributed by atoms with Crippen LogP contribution < -0.4 is 10.1 Å². The Morgan fingerprint density at radius 1 is 1.27 bits per heavy atom. The number of alkyl carbamates (subject to hydrolysis) is 1. The Morgan fingerprint density at radius 2 is 1.92 bits per heavy atom. The number of rotatable bonds is 7. The number of carbonyl (C=O) groups is 1. The first-order valence-electron chi connectivity index (χ1n) is 9.41. The van der Waals surface area contributed by atoms with Crippen molar-refractivity contribution in [3.63, 3.8) is 0 Å². The molecule has 4 nitrogen and oxygen atoms in total. The SMILES string of the molecule is CC(C)C[C@@](C)(COc1ccc(Br)cc1C1CC1)NC(=O)OC(C)(C)C. The van der Waals surface area contributed by atoms with Crippen LogP contribution in [0, 0.1) is 5.92 Å². The van der Waals surface area contributed by atoms with E-state index in [-0.39, 0.29) is 0 Å². The van der Waals surface area contributed by atoms with Crippen molar-refractivity contribution < 1.29 is 14.3 Å². The summed E-state index contributed by atoms with van der Waals surface area (Å²) in [6.45, 7) is 12.3. The molecular weight excluding hydrogens is 394 g/mol. The maximum absolute atomic E-state index is 12.3. The van der Waals surface area contributed by atoms with Gasteiger partial charge in [-0.2, -0.15) is 0 Å². The van der Waals surface area contributed by atoms with E-state index >= 15 is 0 Å². The summed E-state index contributed by atoms with van der Waals surface area (Å²) in [5.41, 5.74) is 0.238. The standard InChI is InChI=1S/C21H32BrNO3/c1-14(2)12-21(6,23-19(24)26-20(3,4)5)13-25-18-10-9-16(22)11-17(18)15-7-8-15/h9-11,14-15H,7-8,12-13H2,1-6H3,(H,23,24)/t21-/m0/s1. The Bertz CT molecular complexity index is 635. The molecule has 0 unspecified atom stereocenters. The summed E-state index contributed by atoms with van der Waals surface area (Å²) >= 11 is 3.55. The summed E-state index contributed by atoms with van der Waals surface area (Å²) < 4.78 is 12.7. The molecule has 2 rings (SSSR count). The predicted octanol–water partition coefficient (Wildman–Crippen LogP) is 6.03. The third-order valence-electron chi connectivity index (χ3n) is 4.20. The number of halogens is 1. The second kappa shape index (κ2) is 8.20. The van der Waals surface area contributed by atoms with Gasteiger partial charge in [0.05, 0.1) is 5.54 Å². The molecule has 0 aromatic heterocycles. The number of hydrogen-bond donors (Lipinski definition) is 1. The number of carbonyl (C=O) groups excluding carboxylic acids is 1. The van der Waals surface area contributed by atoms with Crippen molar-refractivity contribution in [3.8, 4) is 5.75 Å². The minimum absolute atomic E-state index is 0.400. The van der Waals surface area contributed by atoms with Gasteiger partial charge in [0.1, 0.15) is 18.0 Å². The molecule has 1 aliphatic rings. The van der Waals surface area contributed by atoms with Gasteiger partial charge in [0.25, 0.3) is 0 Å². The second-order valence-electron chi connectivity index (χ2n) is 9.03. The van der Waals surface area contributed by atoms with Crippen molar-refractivity contribution in [2.24, 2.45) is 5.92 Å². The third-order valence-corrected chi connectivity index (χ3v) is 4.69. The fourth-order valence-electron chi connectivity index (χ4n) is 3.20. The van der Waals surface area contributed by atoms with Crippen LogP contribution in [-0.2, 0) is 4.74 Å². The van der Waals surface area contributed by atoms with Gasteiger partial charge in [-0.05, 0) is 82.6 Å². The number of benzene rings is 1. The third kappa shape index (κ3) is 6.82. The lowest BCUT2D eigenvalue weighted by Gasteiger charge is -2.33. The molecule has 1 fully saturated rings. The fourth-order valence-corrected chi connectivity index (χ4v) is 3.58. The van der Waals surface area contributed by atoms with Gasteiger partial charge in [-0.3, -0.25) is 0 Å². The minimum atomic E-state index is -0.519. The molecule has 1 saturated carbocycles. The second-order valence-corrected chi connectivity index (χ2v) is 9.95. The van der Waals surface area contributed by atoms with E-state index in [1.54, 1.807) is 0 Å². The van der Waals surface area contributed by atoms with E-state index in [9.17, 15) is 4.79 Å². The zero-order chi connectivity index (χ0) is 19.5. The summed E-state index contributed by atoms with van der Waals surface area (Å²) in [5, 5.41) is 3.03. The van der Waals surface area contributed by atoms with Gasteiger partial charge < -0.3 is 14.8 Å². The van der Waals surface area contributed by atoms with Crippen molar-refractivity contribution in [3.05, 3.63) is 28.2 Å². The van der Waals surface area contributed by atoms with Crippen molar-refractivity contribution in [1.29, 1.82) is 0 Å². The Labute approximate surface area is 166 Å². The molecule has 1 aromatic rings. The molecule has 1 N–H and O–H groups in total. The van der Waals surface area contributed by atoms with Crippen LogP contribution in [0.15, 0.2) is 22.7 Å². The topological polar surface area (TPSA) is 47.6 Å². The Morgan fingerprint density at radius 3 is 2.46 bits per heavy atom. The van der Waals surface area contributed by atoms with Gasteiger partial charge >= 0.3 is 6.09 Å². The molecule has 0 saturated heterocycles. The average Bonchev–Trinajstić information content (AvgIpc) is 3.27. The monoisotopic (exact) mass is 425 g/mol. The van der Waals surface area contributed by atoms with Gasteiger partial charge in [-0.1, -0.05) is 29.8 Å². The van der Waals surface area contributed by atoms with E-state index in [1.165, 1.54) is 18.4 Å². The van der Waals surface area contributed by atoms with Crippen LogP contribution in [0.5, 0.6) is 5.75 Å². The van der Waals surface area contributed by atoms with E-state index in [4.69, 9.17) is 9.47 Å². The minimum Gasteiger partial charge on any atom is -0.491 e. The van der Waals surface area contributed by atoms with Crippen LogP contribution in [0.4, 0.5) is 4.79 Å². The zero-order valence-electron chi connectivity index (χ0n) is 16.8. The number of hydrogen-bond acceptors (Lipinski definition) is 3. The Kier molecular flexibility index (Phi) is 6.65. The molecular formula is C21H32BrNO3. The van der Waals surface area contributed by atoms with Crippen LogP contribution in [-0.4, -0.2) is 23.8 Å². The quantitative estimate of drug-likeness (QED) is 0.579. The van der Waals surface area contributed by atoms with E-state index in [0.717, 1.165) is 16.6 Å². The van der Waals surface area contributed by atoms with Gasteiger partial charge in [-0.25, -0.2) is 4.79 Å². The van der Waals surface area contributed by atoms with Crippen LogP contribution in [0.25, 0.3) is 0 Å². The van der Waals surface area contributed by atoms with Gasteiger partial charge in [0.2, 0.25) is 0 Å². The fraction of sp³-hybridized carbons (Fsp3) is 0.667. The van der Waals surface area contributed by atoms with Crippen LogP contribution in [0.1, 0.15) is 72.3 Å². The predicted molar refractivity (Wildman–Crippen MR) is 109 cm³/mol. The highest BCUT2D eigenvalue weighted by molar-refractivity contribution is 9.10. The summed E-state index contributed by atoms with van der Waals surface area (Å²) in [6, 6.07) is 6.16. The highest BCUT2D eigenvalue weighted by atomic mass is 79.9. The van der Waals surface area contributed by atoms with Crippen molar-refractivity contribution in [1.82, 2.24) is 5.32 Å². The molecule has 0 aliphatic heterocycles. The normalized spacial score (nSPS) is 16.9. The molecule has 1 aliphatic carbocycles. The average molecular weight is 426 g/mol. The van der Waals surface area contributed by atoms with Crippen LogP contribution in [0.2, 0.25) is 0 Å². The molecule has 1 amide bonds.